The predicted molar refractivity (Wildman–Crippen MR) is 108 cm³/mol. The molecule has 0 spiro atoms. The standard InChI is InChI=1S/C22H19ClN2O3/c1-13-17-7-2-3-8-18(17)25-19(20(13)23)12-28-22(27)15-5-4-6-16(11-15)24-21(26)14-9-10-14/h2-8,11,14H,9-10,12H2,1H3,(H,24,26). The Kier molecular flexibility index (Phi) is 5.01. The van der Waals surface area contributed by atoms with Crippen molar-refractivity contribution >= 4 is 40.1 Å². The van der Waals surface area contributed by atoms with Crippen LogP contribution in [0.1, 0.15) is 34.5 Å². The molecule has 1 aliphatic rings. The number of anilines is 1. The highest BCUT2D eigenvalue weighted by molar-refractivity contribution is 6.32. The molecule has 0 bridgehead atoms. The molecule has 3 aromatic rings. The maximum atomic E-state index is 12.5. The summed E-state index contributed by atoms with van der Waals surface area (Å²) in [5.74, 6) is -0.403. The number of carbonyl (C=O) groups excluding carboxylic acids is 2. The highest BCUT2D eigenvalue weighted by Gasteiger charge is 2.29. The van der Waals surface area contributed by atoms with Crippen LogP contribution in [0.5, 0.6) is 0 Å². The Balaban J connectivity index is 1.48. The highest BCUT2D eigenvalue weighted by Crippen LogP contribution is 2.30. The van der Waals surface area contributed by atoms with Gasteiger partial charge in [-0.05, 0) is 49.6 Å². The molecular weight excluding hydrogens is 376 g/mol. The molecule has 1 saturated carbocycles. The van der Waals surface area contributed by atoms with Crippen molar-refractivity contribution in [2.24, 2.45) is 5.92 Å². The van der Waals surface area contributed by atoms with Crippen molar-refractivity contribution < 1.29 is 14.3 Å². The molecule has 0 unspecified atom stereocenters. The summed E-state index contributed by atoms with van der Waals surface area (Å²) in [5.41, 5.74) is 3.18. The van der Waals surface area contributed by atoms with Gasteiger partial charge in [0.25, 0.3) is 0 Å². The third-order valence-corrected chi connectivity index (χ3v) is 5.30. The van der Waals surface area contributed by atoms with Crippen molar-refractivity contribution in [2.75, 3.05) is 5.32 Å². The lowest BCUT2D eigenvalue weighted by Crippen LogP contribution is -2.14. The first kappa shape index (κ1) is 18.4. The molecule has 1 fully saturated rings. The lowest BCUT2D eigenvalue weighted by Gasteiger charge is -2.11. The minimum absolute atomic E-state index is 0.00635. The van der Waals surface area contributed by atoms with Gasteiger partial charge < -0.3 is 10.1 Å². The maximum absolute atomic E-state index is 12.5. The van der Waals surface area contributed by atoms with Crippen LogP contribution in [0.4, 0.5) is 5.69 Å². The van der Waals surface area contributed by atoms with Gasteiger partial charge in [-0.15, -0.1) is 0 Å². The molecule has 1 aliphatic carbocycles. The van der Waals surface area contributed by atoms with Gasteiger partial charge in [0.1, 0.15) is 6.61 Å². The van der Waals surface area contributed by atoms with Crippen molar-refractivity contribution in [3.8, 4) is 0 Å². The lowest BCUT2D eigenvalue weighted by atomic mass is 10.1. The predicted octanol–water partition coefficient (Wildman–Crippen LogP) is 4.90. The highest BCUT2D eigenvalue weighted by atomic mass is 35.5. The Hall–Kier alpha value is -2.92. The Labute approximate surface area is 167 Å². The number of nitrogens with one attached hydrogen (secondary N) is 1. The number of rotatable bonds is 5. The smallest absolute Gasteiger partial charge is 0.338 e. The zero-order chi connectivity index (χ0) is 19.7. The molecule has 1 aromatic heterocycles. The average molecular weight is 395 g/mol. The summed E-state index contributed by atoms with van der Waals surface area (Å²) in [6, 6.07) is 14.4. The van der Waals surface area contributed by atoms with E-state index in [9.17, 15) is 9.59 Å². The van der Waals surface area contributed by atoms with Crippen molar-refractivity contribution in [3.63, 3.8) is 0 Å². The molecule has 0 radical (unpaired) electrons. The number of hydrogen-bond donors (Lipinski definition) is 1. The number of esters is 1. The first-order valence-electron chi connectivity index (χ1n) is 9.14. The van der Waals surface area contributed by atoms with Crippen LogP contribution in [0.2, 0.25) is 5.02 Å². The SMILES string of the molecule is Cc1c(Cl)c(COC(=O)c2cccc(NC(=O)C3CC3)c2)nc2ccccc12. The minimum Gasteiger partial charge on any atom is -0.456 e. The summed E-state index contributed by atoms with van der Waals surface area (Å²) >= 11 is 6.42. The van der Waals surface area contributed by atoms with Gasteiger partial charge in [0.15, 0.2) is 0 Å². The van der Waals surface area contributed by atoms with E-state index in [2.05, 4.69) is 10.3 Å². The second-order valence-electron chi connectivity index (χ2n) is 6.94. The molecule has 5 nitrogen and oxygen atoms in total. The normalized spacial score (nSPS) is 13.4. The number of aryl methyl sites for hydroxylation is 1. The first-order chi connectivity index (χ1) is 13.5. The zero-order valence-corrected chi connectivity index (χ0v) is 16.1. The zero-order valence-electron chi connectivity index (χ0n) is 15.4. The molecular formula is C22H19ClN2O3. The van der Waals surface area contributed by atoms with Crippen LogP contribution in [-0.2, 0) is 16.1 Å². The van der Waals surface area contributed by atoms with Crippen LogP contribution in [0.25, 0.3) is 10.9 Å². The monoisotopic (exact) mass is 394 g/mol. The molecule has 0 atom stereocenters. The molecule has 1 N–H and O–H groups in total. The summed E-state index contributed by atoms with van der Waals surface area (Å²) in [5, 5.41) is 4.30. The number of pyridine rings is 1. The first-order valence-corrected chi connectivity index (χ1v) is 9.52. The Morgan fingerprint density at radius 2 is 1.96 bits per heavy atom. The van der Waals surface area contributed by atoms with Gasteiger partial charge in [-0.1, -0.05) is 35.9 Å². The number of fused-ring (bicyclic) bond motifs is 1. The van der Waals surface area contributed by atoms with Crippen LogP contribution in [0, 0.1) is 12.8 Å². The molecule has 1 heterocycles. The van der Waals surface area contributed by atoms with Gasteiger partial charge in [-0.3, -0.25) is 4.79 Å². The molecule has 1 amide bonds. The van der Waals surface area contributed by atoms with E-state index >= 15 is 0 Å². The van der Waals surface area contributed by atoms with Crippen molar-refractivity contribution in [1.82, 2.24) is 4.98 Å². The van der Waals surface area contributed by atoms with E-state index in [-0.39, 0.29) is 18.4 Å². The number of carbonyl (C=O) groups is 2. The summed E-state index contributed by atoms with van der Waals surface area (Å²) in [6.45, 7) is 1.89. The molecule has 0 aliphatic heterocycles. The fourth-order valence-electron chi connectivity index (χ4n) is 3.04. The number of ether oxygens (including phenoxy) is 1. The van der Waals surface area contributed by atoms with Crippen LogP contribution < -0.4 is 5.32 Å². The van der Waals surface area contributed by atoms with Crippen LogP contribution >= 0.6 is 11.6 Å². The third-order valence-electron chi connectivity index (χ3n) is 4.80. The number of nitrogens with zero attached hydrogens (tertiary/aromatic N) is 1. The van der Waals surface area contributed by atoms with E-state index in [1.54, 1.807) is 24.3 Å². The van der Waals surface area contributed by atoms with Gasteiger partial charge in [0, 0.05) is 17.0 Å². The van der Waals surface area contributed by atoms with Crippen LogP contribution in [0.15, 0.2) is 48.5 Å². The third kappa shape index (κ3) is 3.85. The fraction of sp³-hybridized carbons (Fsp3) is 0.227. The molecule has 4 rings (SSSR count). The Morgan fingerprint density at radius 1 is 1.18 bits per heavy atom. The van der Waals surface area contributed by atoms with Gasteiger partial charge in [-0.25, -0.2) is 9.78 Å². The van der Waals surface area contributed by atoms with Gasteiger partial charge in [0.05, 0.1) is 21.8 Å². The van der Waals surface area contributed by atoms with E-state index in [1.807, 2.05) is 31.2 Å². The Bertz CT molecular complexity index is 1080. The van der Waals surface area contributed by atoms with Gasteiger partial charge in [0.2, 0.25) is 5.91 Å². The van der Waals surface area contributed by atoms with Crippen molar-refractivity contribution in [1.29, 1.82) is 0 Å². The van der Waals surface area contributed by atoms with Crippen LogP contribution in [-0.4, -0.2) is 16.9 Å². The molecule has 6 heteroatoms. The number of amides is 1. The second-order valence-corrected chi connectivity index (χ2v) is 7.31. The van der Waals surface area contributed by atoms with Gasteiger partial charge in [-0.2, -0.15) is 0 Å². The lowest BCUT2D eigenvalue weighted by molar-refractivity contribution is -0.117. The van der Waals surface area contributed by atoms with E-state index in [1.165, 1.54) is 0 Å². The number of halogens is 1. The number of hydrogen-bond acceptors (Lipinski definition) is 4. The Morgan fingerprint density at radius 3 is 2.75 bits per heavy atom. The summed E-state index contributed by atoms with van der Waals surface area (Å²) in [4.78, 5) is 28.9. The largest absolute Gasteiger partial charge is 0.456 e. The van der Waals surface area contributed by atoms with E-state index < -0.39 is 5.97 Å². The van der Waals surface area contributed by atoms with E-state index in [0.29, 0.717) is 22.0 Å². The number of para-hydroxylation sites is 1. The second kappa shape index (κ2) is 7.60. The summed E-state index contributed by atoms with van der Waals surface area (Å²) in [6.07, 6.45) is 1.85. The molecule has 2 aromatic carbocycles. The summed E-state index contributed by atoms with van der Waals surface area (Å²) < 4.78 is 5.42. The van der Waals surface area contributed by atoms with E-state index in [0.717, 1.165) is 29.3 Å². The van der Waals surface area contributed by atoms with Crippen molar-refractivity contribution in [3.05, 3.63) is 70.4 Å². The number of aromatic nitrogens is 1. The molecule has 0 saturated heterocycles. The average Bonchev–Trinajstić information content (AvgIpc) is 3.55. The molecule has 142 valence electrons. The minimum atomic E-state index is -0.494. The quantitative estimate of drug-likeness (QED) is 0.625. The summed E-state index contributed by atoms with van der Waals surface area (Å²) in [7, 11) is 0. The van der Waals surface area contributed by atoms with Crippen molar-refractivity contribution in [2.45, 2.75) is 26.4 Å². The molecule has 28 heavy (non-hydrogen) atoms. The fourth-order valence-corrected chi connectivity index (χ4v) is 3.24. The van der Waals surface area contributed by atoms with Crippen LogP contribution in [0.3, 0.4) is 0 Å². The topological polar surface area (TPSA) is 68.3 Å². The van der Waals surface area contributed by atoms with E-state index in [4.69, 9.17) is 16.3 Å². The van der Waals surface area contributed by atoms with Gasteiger partial charge >= 0.3 is 5.97 Å². The number of benzene rings is 2. The maximum Gasteiger partial charge on any atom is 0.338 e.